The minimum Gasteiger partial charge on any atom is -0.335 e. The van der Waals surface area contributed by atoms with E-state index in [1.807, 2.05) is 60.3 Å². The summed E-state index contributed by atoms with van der Waals surface area (Å²) >= 11 is 11.4. The van der Waals surface area contributed by atoms with Crippen LogP contribution in [0.4, 0.5) is 5.69 Å². The third-order valence-corrected chi connectivity index (χ3v) is 4.07. The minimum absolute atomic E-state index is 0.0871. The Labute approximate surface area is 149 Å². The third-order valence-electron chi connectivity index (χ3n) is 3.57. The molecule has 0 aliphatic heterocycles. The number of aromatic nitrogens is 2. The number of carbonyl (C=O) groups excluding carboxylic acids is 1. The summed E-state index contributed by atoms with van der Waals surface area (Å²) in [5.41, 5.74) is 3.53. The summed E-state index contributed by atoms with van der Waals surface area (Å²) < 4.78 is 1.95. The second kappa shape index (κ2) is 7.07. The molecule has 1 aromatic carbocycles. The molecule has 0 radical (unpaired) electrons. The average Bonchev–Trinajstić information content (AvgIpc) is 2.90. The van der Waals surface area contributed by atoms with Gasteiger partial charge in [-0.3, -0.25) is 4.79 Å². The molecule has 0 fully saturated rings. The molecule has 3 rings (SSSR count). The number of fused-ring (bicyclic) bond motifs is 1. The first kappa shape index (κ1) is 16.6. The van der Waals surface area contributed by atoms with Crippen molar-refractivity contribution in [3.05, 3.63) is 58.9 Å². The fourth-order valence-corrected chi connectivity index (χ4v) is 2.64. The Bertz CT molecular complexity index is 914. The molecule has 1 N–H and O–H groups in total. The van der Waals surface area contributed by atoms with E-state index in [4.69, 9.17) is 23.2 Å². The van der Waals surface area contributed by atoms with E-state index in [2.05, 4.69) is 10.3 Å². The standard InChI is InChI=1S/C18H15Cl2N3O/c1-23-11-13(5-2-12-3-6-14(20)7-4-12)16-8-15(10-21-18(16)23)22-17(24)9-19/h2-8,10-11H,9H2,1H3,(H,22,24)/b5-2+. The predicted molar refractivity (Wildman–Crippen MR) is 100 cm³/mol. The second-order valence-electron chi connectivity index (χ2n) is 5.36. The normalized spacial score (nSPS) is 11.3. The number of hydrogen-bond acceptors (Lipinski definition) is 2. The van der Waals surface area contributed by atoms with Crippen molar-refractivity contribution in [2.75, 3.05) is 11.2 Å². The molecule has 0 aliphatic rings. The zero-order valence-corrected chi connectivity index (χ0v) is 14.5. The number of pyridine rings is 1. The van der Waals surface area contributed by atoms with Crippen LogP contribution in [0.2, 0.25) is 5.02 Å². The molecule has 122 valence electrons. The van der Waals surface area contributed by atoms with Gasteiger partial charge in [-0.25, -0.2) is 4.98 Å². The van der Waals surface area contributed by atoms with Gasteiger partial charge in [-0.15, -0.1) is 11.6 Å². The van der Waals surface area contributed by atoms with Crippen LogP contribution in [-0.2, 0) is 11.8 Å². The molecule has 0 saturated heterocycles. The Balaban J connectivity index is 1.96. The zero-order chi connectivity index (χ0) is 17.1. The van der Waals surface area contributed by atoms with Gasteiger partial charge in [0.05, 0.1) is 11.9 Å². The molecular weight excluding hydrogens is 345 g/mol. The van der Waals surface area contributed by atoms with Crippen molar-refractivity contribution in [2.24, 2.45) is 7.05 Å². The van der Waals surface area contributed by atoms with Crippen LogP contribution in [0, 0.1) is 0 Å². The van der Waals surface area contributed by atoms with Crippen molar-refractivity contribution in [3.63, 3.8) is 0 Å². The topological polar surface area (TPSA) is 46.9 Å². The summed E-state index contributed by atoms with van der Waals surface area (Å²) in [5, 5.41) is 4.38. The molecule has 0 saturated carbocycles. The number of alkyl halides is 1. The monoisotopic (exact) mass is 359 g/mol. The molecular formula is C18H15Cl2N3O. The van der Waals surface area contributed by atoms with E-state index in [0.717, 1.165) is 22.2 Å². The average molecular weight is 360 g/mol. The van der Waals surface area contributed by atoms with Crippen LogP contribution in [0.3, 0.4) is 0 Å². The SMILES string of the molecule is Cn1cc(/C=C/c2ccc(Cl)cc2)c2cc(NC(=O)CCl)cnc21. The van der Waals surface area contributed by atoms with Crippen LogP contribution in [0.15, 0.2) is 42.7 Å². The van der Waals surface area contributed by atoms with Crippen molar-refractivity contribution in [1.82, 2.24) is 9.55 Å². The maximum Gasteiger partial charge on any atom is 0.239 e. The van der Waals surface area contributed by atoms with E-state index in [1.165, 1.54) is 0 Å². The summed E-state index contributed by atoms with van der Waals surface area (Å²) in [5.74, 6) is -0.345. The fraction of sp³-hybridized carbons (Fsp3) is 0.111. The van der Waals surface area contributed by atoms with Crippen molar-refractivity contribution in [3.8, 4) is 0 Å². The largest absolute Gasteiger partial charge is 0.335 e. The van der Waals surface area contributed by atoms with Crippen LogP contribution in [-0.4, -0.2) is 21.3 Å². The lowest BCUT2D eigenvalue weighted by molar-refractivity contribution is -0.113. The molecule has 4 nitrogen and oxygen atoms in total. The van der Waals surface area contributed by atoms with E-state index in [-0.39, 0.29) is 11.8 Å². The maximum atomic E-state index is 11.4. The lowest BCUT2D eigenvalue weighted by atomic mass is 10.1. The summed E-state index contributed by atoms with van der Waals surface area (Å²) in [6.45, 7) is 0. The molecule has 2 aromatic heterocycles. The summed E-state index contributed by atoms with van der Waals surface area (Å²) in [6.07, 6.45) is 7.65. The Hall–Kier alpha value is -2.30. The number of nitrogens with zero attached hydrogens (tertiary/aromatic N) is 2. The molecule has 0 bridgehead atoms. The molecule has 0 spiro atoms. The first-order valence-electron chi connectivity index (χ1n) is 7.31. The molecule has 1 amide bonds. The Kier molecular flexibility index (Phi) is 4.88. The molecule has 0 aliphatic carbocycles. The Morgan fingerprint density at radius 2 is 2.04 bits per heavy atom. The molecule has 0 atom stereocenters. The second-order valence-corrected chi connectivity index (χ2v) is 6.06. The Morgan fingerprint density at radius 3 is 2.75 bits per heavy atom. The lowest BCUT2D eigenvalue weighted by Gasteiger charge is -2.03. The first-order valence-corrected chi connectivity index (χ1v) is 8.22. The number of anilines is 1. The fourth-order valence-electron chi connectivity index (χ4n) is 2.45. The molecule has 0 unspecified atom stereocenters. The van der Waals surface area contributed by atoms with Gasteiger partial charge in [0, 0.05) is 29.2 Å². The van der Waals surface area contributed by atoms with Gasteiger partial charge in [-0.05, 0) is 23.8 Å². The van der Waals surface area contributed by atoms with Crippen molar-refractivity contribution < 1.29 is 4.79 Å². The summed E-state index contributed by atoms with van der Waals surface area (Å²) in [4.78, 5) is 15.9. The number of aryl methyl sites for hydroxylation is 1. The van der Waals surface area contributed by atoms with E-state index >= 15 is 0 Å². The third kappa shape index (κ3) is 3.61. The van der Waals surface area contributed by atoms with Crippen LogP contribution in [0.25, 0.3) is 23.2 Å². The van der Waals surface area contributed by atoms with Crippen LogP contribution < -0.4 is 5.32 Å². The summed E-state index contributed by atoms with van der Waals surface area (Å²) in [7, 11) is 1.94. The summed E-state index contributed by atoms with van der Waals surface area (Å²) in [6, 6.07) is 9.51. The molecule has 2 heterocycles. The van der Waals surface area contributed by atoms with Crippen molar-refractivity contribution >= 4 is 58.0 Å². The number of benzene rings is 1. The maximum absolute atomic E-state index is 11.4. The predicted octanol–water partition coefficient (Wildman–Crippen LogP) is 4.57. The van der Waals surface area contributed by atoms with Crippen molar-refractivity contribution in [2.45, 2.75) is 0 Å². The van der Waals surface area contributed by atoms with Gasteiger partial charge in [0.25, 0.3) is 0 Å². The van der Waals surface area contributed by atoms with Crippen molar-refractivity contribution in [1.29, 1.82) is 0 Å². The lowest BCUT2D eigenvalue weighted by Crippen LogP contribution is -2.12. The van der Waals surface area contributed by atoms with Gasteiger partial charge in [0.15, 0.2) is 0 Å². The van der Waals surface area contributed by atoms with Crippen LogP contribution in [0.5, 0.6) is 0 Å². The highest BCUT2D eigenvalue weighted by Crippen LogP contribution is 2.24. The number of hydrogen-bond donors (Lipinski definition) is 1. The minimum atomic E-state index is -0.257. The van der Waals surface area contributed by atoms with E-state index < -0.39 is 0 Å². The van der Waals surface area contributed by atoms with Crippen LogP contribution >= 0.6 is 23.2 Å². The molecule has 3 aromatic rings. The first-order chi connectivity index (χ1) is 11.6. The number of carbonyl (C=O) groups is 1. The molecule has 24 heavy (non-hydrogen) atoms. The Morgan fingerprint density at radius 1 is 1.29 bits per heavy atom. The smallest absolute Gasteiger partial charge is 0.239 e. The number of rotatable bonds is 4. The van der Waals surface area contributed by atoms with Gasteiger partial charge in [-0.2, -0.15) is 0 Å². The van der Waals surface area contributed by atoms with E-state index in [9.17, 15) is 4.79 Å². The highest BCUT2D eigenvalue weighted by Gasteiger charge is 2.08. The highest BCUT2D eigenvalue weighted by molar-refractivity contribution is 6.30. The van der Waals surface area contributed by atoms with Gasteiger partial charge < -0.3 is 9.88 Å². The quantitative estimate of drug-likeness (QED) is 0.693. The van der Waals surface area contributed by atoms with Crippen LogP contribution in [0.1, 0.15) is 11.1 Å². The zero-order valence-electron chi connectivity index (χ0n) is 13.0. The molecule has 6 heteroatoms. The van der Waals surface area contributed by atoms with Gasteiger partial charge in [0.2, 0.25) is 5.91 Å². The van der Waals surface area contributed by atoms with E-state index in [1.54, 1.807) is 6.20 Å². The van der Waals surface area contributed by atoms with Gasteiger partial charge in [0.1, 0.15) is 11.5 Å². The number of halogens is 2. The highest BCUT2D eigenvalue weighted by atomic mass is 35.5. The number of amides is 1. The van der Waals surface area contributed by atoms with Gasteiger partial charge >= 0.3 is 0 Å². The number of nitrogens with one attached hydrogen (secondary N) is 1. The van der Waals surface area contributed by atoms with Gasteiger partial charge in [-0.1, -0.05) is 35.9 Å². The van der Waals surface area contributed by atoms with E-state index in [0.29, 0.717) is 10.7 Å².